The Morgan fingerprint density at radius 1 is 1.35 bits per heavy atom. The van der Waals surface area contributed by atoms with Gasteiger partial charge in [0.15, 0.2) is 0 Å². The van der Waals surface area contributed by atoms with E-state index in [9.17, 15) is 9.65 Å². The third-order valence-corrected chi connectivity index (χ3v) is 4.14. The van der Waals surface area contributed by atoms with E-state index in [4.69, 9.17) is 16.3 Å². The highest BCUT2D eigenvalue weighted by atomic mass is 35.5. The highest BCUT2D eigenvalue weighted by Gasteiger charge is 2.60. The third kappa shape index (κ3) is 1.41. The zero-order chi connectivity index (χ0) is 12.1. The van der Waals surface area contributed by atoms with Crippen LogP contribution in [-0.4, -0.2) is 13.2 Å². The molecule has 3 rings (SSSR count). The third-order valence-electron chi connectivity index (χ3n) is 3.83. The summed E-state index contributed by atoms with van der Waals surface area (Å²) in [4.78, 5) is 0. The van der Waals surface area contributed by atoms with Crippen molar-refractivity contribution in [1.82, 2.24) is 0 Å². The average Bonchev–Trinajstić information content (AvgIpc) is 2.18. The zero-order valence-corrected chi connectivity index (χ0v) is 9.93. The minimum atomic E-state index is -0.758. The van der Waals surface area contributed by atoms with Crippen LogP contribution < -0.4 is 0 Å². The largest absolute Gasteiger partial charge is 0.380 e. The predicted octanol–water partition coefficient (Wildman–Crippen LogP) is 3.05. The Labute approximate surface area is 104 Å². The van der Waals surface area contributed by atoms with Gasteiger partial charge in [0.2, 0.25) is 0 Å². The molecule has 2 nitrogen and oxygen atoms in total. The van der Waals surface area contributed by atoms with Gasteiger partial charge in [-0.3, -0.25) is 0 Å². The van der Waals surface area contributed by atoms with Crippen molar-refractivity contribution in [1.29, 1.82) is 5.26 Å². The normalized spacial score (nSPS) is 23.6. The van der Waals surface area contributed by atoms with Gasteiger partial charge in [-0.15, -0.1) is 0 Å². The fraction of sp³-hybridized carbons (Fsp3) is 0.462. The minimum absolute atomic E-state index is 0.0986. The maximum absolute atomic E-state index is 13.9. The lowest BCUT2D eigenvalue weighted by Crippen LogP contribution is -2.59. The molecule has 1 saturated heterocycles. The summed E-state index contributed by atoms with van der Waals surface area (Å²) in [5.74, 6) is -0.380. The maximum Gasteiger partial charge on any atom is 0.129 e. The van der Waals surface area contributed by atoms with Crippen LogP contribution >= 0.6 is 11.6 Å². The van der Waals surface area contributed by atoms with Gasteiger partial charge in [0.25, 0.3) is 0 Å². The Morgan fingerprint density at radius 2 is 2.06 bits per heavy atom. The molecule has 0 atom stereocenters. The van der Waals surface area contributed by atoms with Gasteiger partial charge in [0, 0.05) is 16.0 Å². The molecule has 1 spiro atoms. The van der Waals surface area contributed by atoms with Gasteiger partial charge < -0.3 is 4.74 Å². The first-order chi connectivity index (χ1) is 8.11. The van der Waals surface area contributed by atoms with Crippen LogP contribution in [0.15, 0.2) is 18.2 Å². The van der Waals surface area contributed by atoms with Crippen molar-refractivity contribution in [2.24, 2.45) is 5.41 Å². The number of nitrogens with zero attached hydrogens (tertiary/aromatic N) is 1. The second kappa shape index (κ2) is 3.44. The van der Waals surface area contributed by atoms with Crippen LogP contribution in [0.1, 0.15) is 18.4 Å². The lowest BCUT2D eigenvalue weighted by Gasteiger charge is -2.57. The highest BCUT2D eigenvalue weighted by molar-refractivity contribution is 6.31. The molecule has 1 saturated carbocycles. The summed E-state index contributed by atoms with van der Waals surface area (Å²) in [6.07, 6.45) is 1.30. The molecule has 1 aliphatic carbocycles. The van der Waals surface area contributed by atoms with E-state index in [0.29, 0.717) is 36.6 Å². The van der Waals surface area contributed by atoms with Gasteiger partial charge in [-0.05, 0) is 25.0 Å². The molecule has 1 heterocycles. The van der Waals surface area contributed by atoms with Crippen LogP contribution in [0.5, 0.6) is 0 Å². The Kier molecular flexibility index (Phi) is 2.23. The molecule has 0 aromatic heterocycles. The molecule has 4 heteroatoms. The van der Waals surface area contributed by atoms with E-state index in [-0.39, 0.29) is 11.2 Å². The summed E-state index contributed by atoms with van der Waals surface area (Å²) >= 11 is 6.04. The van der Waals surface area contributed by atoms with Crippen molar-refractivity contribution in [2.45, 2.75) is 18.3 Å². The summed E-state index contributed by atoms with van der Waals surface area (Å²) in [6, 6.07) is 6.82. The molecular formula is C13H11ClFNO. The van der Waals surface area contributed by atoms with Gasteiger partial charge in [0.1, 0.15) is 5.82 Å². The van der Waals surface area contributed by atoms with E-state index in [1.54, 1.807) is 12.1 Å². The Bertz CT molecular complexity index is 490. The van der Waals surface area contributed by atoms with Crippen LogP contribution in [0.2, 0.25) is 5.02 Å². The smallest absolute Gasteiger partial charge is 0.129 e. The van der Waals surface area contributed by atoms with Crippen LogP contribution in [0, 0.1) is 22.6 Å². The SMILES string of the molecule is N#CC1(c2c(F)cccc2Cl)CC2(COC2)C1. The van der Waals surface area contributed by atoms with E-state index in [1.807, 2.05) is 0 Å². The van der Waals surface area contributed by atoms with Gasteiger partial charge in [-0.2, -0.15) is 5.26 Å². The second-order valence-corrected chi connectivity index (χ2v) is 5.54. The monoisotopic (exact) mass is 251 g/mol. The van der Waals surface area contributed by atoms with Crippen molar-refractivity contribution in [3.63, 3.8) is 0 Å². The van der Waals surface area contributed by atoms with Crippen LogP contribution in [-0.2, 0) is 10.2 Å². The number of hydrogen-bond acceptors (Lipinski definition) is 2. The fourth-order valence-electron chi connectivity index (χ4n) is 3.09. The van der Waals surface area contributed by atoms with Crippen molar-refractivity contribution < 1.29 is 9.13 Å². The molecule has 0 bridgehead atoms. The molecule has 1 aromatic carbocycles. The van der Waals surface area contributed by atoms with E-state index < -0.39 is 5.41 Å². The topological polar surface area (TPSA) is 33.0 Å². The second-order valence-electron chi connectivity index (χ2n) is 5.14. The molecule has 0 amide bonds. The molecule has 2 aliphatic rings. The summed E-state index contributed by atoms with van der Waals surface area (Å²) < 4.78 is 19.0. The predicted molar refractivity (Wildman–Crippen MR) is 61.2 cm³/mol. The zero-order valence-electron chi connectivity index (χ0n) is 9.17. The fourth-order valence-corrected chi connectivity index (χ4v) is 3.43. The van der Waals surface area contributed by atoms with Gasteiger partial charge >= 0.3 is 0 Å². The Hall–Kier alpha value is -1.11. The number of hydrogen-bond donors (Lipinski definition) is 0. The van der Waals surface area contributed by atoms with Crippen molar-refractivity contribution in [2.75, 3.05) is 13.2 Å². The van der Waals surface area contributed by atoms with Crippen molar-refractivity contribution >= 4 is 11.6 Å². The van der Waals surface area contributed by atoms with Crippen molar-refractivity contribution in [3.05, 3.63) is 34.6 Å². The van der Waals surface area contributed by atoms with Crippen LogP contribution in [0.4, 0.5) is 4.39 Å². The van der Waals surface area contributed by atoms with Crippen LogP contribution in [0.3, 0.4) is 0 Å². The lowest BCUT2D eigenvalue weighted by molar-refractivity contribution is -0.178. The standard InChI is InChI=1S/C13H11ClFNO/c14-9-2-1-3-10(15)11(9)13(6-16)4-12(5-13)7-17-8-12/h1-3H,4-5,7-8H2. The summed E-state index contributed by atoms with van der Waals surface area (Å²) in [5.41, 5.74) is -0.297. The van der Waals surface area contributed by atoms with Crippen LogP contribution in [0.25, 0.3) is 0 Å². The number of benzene rings is 1. The minimum Gasteiger partial charge on any atom is -0.380 e. The molecule has 2 fully saturated rings. The lowest BCUT2D eigenvalue weighted by atomic mass is 9.50. The first-order valence-electron chi connectivity index (χ1n) is 5.54. The molecular weight excluding hydrogens is 241 g/mol. The maximum atomic E-state index is 13.9. The van der Waals surface area contributed by atoms with Gasteiger partial charge in [-0.25, -0.2) is 4.39 Å². The first kappa shape index (κ1) is 11.0. The summed E-state index contributed by atoms with van der Waals surface area (Å²) in [5, 5.41) is 9.72. The van der Waals surface area contributed by atoms with E-state index in [1.165, 1.54) is 6.07 Å². The summed E-state index contributed by atoms with van der Waals surface area (Å²) in [7, 11) is 0. The van der Waals surface area contributed by atoms with Gasteiger partial charge in [0.05, 0.1) is 24.7 Å². The Morgan fingerprint density at radius 3 is 2.53 bits per heavy atom. The first-order valence-corrected chi connectivity index (χ1v) is 5.92. The van der Waals surface area contributed by atoms with Crippen molar-refractivity contribution in [3.8, 4) is 6.07 Å². The number of nitriles is 1. The number of halogens is 2. The number of rotatable bonds is 1. The number of ether oxygens (including phenoxy) is 1. The molecule has 0 unspecified atom stereocenters. The molecule has 0 N–H and O–H groups in total. The molecule has 88 valence electrons. The average molecular weight is 252 g/mol. The van der Waals surface area contributed by atoms with Gasteiger partial charge in [-0.1, -0.05) is 17.7 Å². The molecule has 1 aliphatic heterocycles. The Balaban J connectivity index is 2.00. The molecule has 0 radical (unpaired) electrons. The van der Waals surface area contributed by atoms with E-state index in [2.05, 4.69) is 6.07 Å². The molecule has 17 heavy (non-hydrogen) atoms. The van der Waals surface area contributed by atoms with E-state index in [0.717, 1.165) is 0 Å². The summed E-state index contributed by atoms with van der Waals surface area (Å²) in [6.45, 7) is 1.37. The van der Waals surface area contributed by atoms with E-state index >= 15 is 0 Å². The highest BCUT2D eigenvalue weighted by Crippen LogP contribution is 2.60. The molecule has 1 aromatic rings. The quantitative estimate of drug-likeness (QED) is 0.769.